The molecule has 4 N–H and O–H groups in total. The Bertz CT molecular complexity index is 180. The predicted molar refractivity (Wildman–Crippen MR) is 41.9 cm³/mol. The van der Waals surface area contributed by atoms with Crippen molar-refractivity contribution in [1.29, 1.82) is 0 Å². The number of hydrogen-bond donors (Lipinski definition) is 2. The third-order valence-corrected chi connectivity index (χ3v) is 2.30. The second-order valence-corrected chi connectivity index (χ2v) is 3.05. The van der Waals surface area contributed by atoms with E-state index in [1.807, 2.05) is 0 Å². The predicted octanol–water partition coefficient (Wildman–Crippen LogP) is -1.06. The molecule has 1 heterocycles. The van der Waals surface area contributed by atoms with Gasteiger partial charge in [-0.1, -0.05) is 0 Å². The zero-order valence-electron chi connectivity index (χ0n) is 5.41. The van der Waals surface area contributed by atoms with Gasteiger partial charge >= 0.3 is 0 Å². The number of carbonyl (C=O) groups is 1. The molecule has 1 rings (SSSR count). The van der Waals surface area contributed by atoms with Gasteiger partial charge in [0.25, 0.3) is 0 Å². The first-order chi connectivity index (χ1) is 4.74. The number of aliphatic imine (C=N–C) groups is 1. The minimum atomic E-state index is -0.365. The van der Waals surface area contributed by atoms with Gasteiger partial charge in [0.1, 0.15) is 6.04 Å². The van der Waals surface area contributed by atoms with Crippen molar-refractivity contribution in [3.63, 3.8) is 0 Å². The van der Waals surface area contributed by atoms with E-state index in [0.29, 0.717) is 12.3 Å². The zero-order valence-corrected chi connectivity index (χ0v) is 6.23. The molecule has 56 valence electrons. The lowest BCUT2D eigenvalue weighted by Gasteiger charge is -1.95. The van der Waals surface area contributed by atoms with Crippen LogP contribution in [0, 0.1) is 0 Å². The normalized spacial score (nSPS) is 24.5. The van der Waals surface area contributed by atoms with Gasteiger partial charge in [-0.3, -0.25) is 9.79 Å². The monoisotopic (exact) mass is 159 g/mol. The van der Waals surface area contributed by atoms with Gasteiger partial charge in [-0.15, -0.1) is 11.8 Å². The van der Waals surface area contributed by atoms with Gasteiger partial charge in [0.15, 0.2) is 0 Å². The summed E-state index contributed by atoms with van der Waals surface area (Å²) in [4.78, 5) is 14.5. The van der Waals surface area contributed by atoms with Crippen LogP contribution in [0.4, 0.5) is 0 Å². The molecule has 4 nitrogen and oxygen atoms in total. The van der Waals surface area contributed by atoms with Gasteiger partial charge in [-0.25, -0.2) is 0 Å². The maximum absolute atomic E-state index is 10.5. The quantitative estimate of drug-likeness (QED) is 0.539. The van der Waals surface area contributed by atoms with Crippen LogP contribution in [0.3, 0.4) is 0 Å². The van der Waals surface area contributed by atoms with Crippen molar-refractivity contribution in [2.45, 2.75) is 6.04 Å². The maximum atomic E-state index is 10.5. The van der Waals surface area contributed by atoms with Crippen LogP contribution in [0.15, 0.2) is 4.99 Å². The summed E-state index contributed by atoms with van der Waals surface area (Å²) in [6, 6.07) is -0.344. The summed E-state index contributed by atoms with van der Waals surface area (Å²) in [6.45, 7) is 0.411. The lowest BCUT2D eigenvalue weighted by Crippen LogP contribution is -2.26. The molecule has 1 aliphatic heterocycles. The van der Waals surface area contributed by atoms with Gasteiger partial charge < -0.3 is 11.5 Å². The Kier molecular flexibility index (Phi) is 2.29. The van der Waals surface area contributed by atoms with Crippen LogP contribution >= 0.6 is 11.8 Å². The number of amides is 1. The van der Waals surface area contributed by atoms with E-state index in [1.54, 1.807) is 0 Å². The average molecular weight is 159 g/mol. The number of nitrogens with zero attached hydrogens (tertiary/aromatic N) is 1. The molecule has 1 amide bonds. The summed E-state index contributed by atoms with van der Waals surface area (Å²) >= 11 is 1.50. The minimum absolute atomic E-state index is 0.344. The summed E-state index contributed by atoms with van der Waals surface area (Å²) < 4.78 is 0. The molecule has 0 radical (unpaired) electrons. The molecule has 0 spiro atoms. The van der Waals surface area contributed by atoms with Crippen LogP contribution in [0.2, 0.25) is 0 Å². The van der Waals surface area contributed by atoms with E-state index in [1.165, 1.54) is 11.8 Å². The van der Waals surface area contributed by atoms with Gasteiger partial charge in [-0.2, -0.15) is 0 Å². The smallest absolute Gasteiger partial charge is 0.243 e. The summed E-state index contributed by atoms with van der Waals surface area (Å²) in [6.07, 6.45) is 0. The molecule has 0 fully saturated rings. The summed E-state index contributed by atoms with van der Waals surface area (Å²) in [5.41, 5.74) is 10.3. The topological polar surface area (TPSA) is 81.5 Å². The molecule has 1 atom stereocenters. The fraction of sp³-hybridized carbons (Fsp3) is 0.600. The fourth-order valence-corrected chi connectivity index (χ4v) is 1.59. The average Bonchev–Trinajstić information content (AvgIpc) is 2.34. The Morgan fingerprint density at radius 2 is 2.60 bits per heavy atom. The highest BCUT2D eigenvalue weighted by Gasteiger charge is 2.21. The van der Waals surface area contributed by atoms with Crippen molar-refractivity contribution in [3.05, 3.63) is 0 Å². The van der Waals surface area contributed by atoms with Crippen molar-refractivity contribution in [2.24, 2.45) is 16.5 Å². The SMILES string of the molecule is NCC1=NC(C(N)=O)CS1. The largest absolute Gasteiger partial charge is 0.368 e. The van der Waals surface area contributed by atoms with Crippen LogP contribution in [0.5, 0.6) is 0 Å². The van der Waals surface area contributed by atoms with E-state index in [4.69, 9.17) is 11.5 Å². The standard InChI is InChI=1S/C5H9N3OS/c6-1-4-8-3(2-10-4)5(7)9/h3H,1-2,6H2,(H2,7,9). The minimum Gasteiger partial charge on any atom is -0.368 e. The van der Waals surface area contributed by atoms with E-state index in [0.717, 1.165) is 5.04 Å². The van der Waals surface area contributed by atoms with Crippen molar-refractivity contribution in [3.8, 4) is 0 Å². The first-order valence-electron chi connectivity index (χ1n) is 2.93. The van der Waals surface area contributed by atoms with E-state index in [-0.39, 0.29) is 11.9 Å². The number of primary amides is 1. The molecule has 0 aliphatic carbocycles. The van der Waals surface area contributed by atoms with Crippen molar-refractivity contribution < 1.29 is 4.79 Å². The van der Waals surface area contributed by atoms with Gasteiger partial charge in [0.05, 0.1) is 5.04 Å². The van der Waals surface area contributed by atoms with E-state index >= 15 is 0 Å². The Morgan fingerprint density at radius 3 is 2.90 bits per heavy atom. The van der Waals surface area contributed by atoms with Gasteiger partial charge in [0.2, 0.25) is 5.91 Å². The Hall–Kier alpha value is -0.550. The summed E-state index contributed by atoms with van der Waals surface area (Å²) in [7, 11) is 0. The van der Waals surface area contributed by atoms with Gasteiger partial charge in [0, 0.05) is 12.3 Å². The molecule has 1 unspecified atom stereocenters. The molecule has 0 bridgehead atoms. The molecule has 1 aliphatic rings. The van der Waals surface area contributed by atoms with E-state index < -0.39 is 0 Å². The molecule has 0 aromatic carbocycles. The molecule has 0 saturated heterocycles. The van der Waals surface area contributed by atoms with Crippen LogP contribution in [-0.2, 0) is 4.79 Å². The zero-order chi connectivity index (χ0) is 7.56. The van der Waals surface area contributed by atoms with E-state index in [2.05, 4.69) is 4.99 Å². The number of hydrogen-bond acceptors (Lipinski definition) is 4. The fourth-order valence-electron chi connectivity index (χ4n) is 0.681. The first-order valence-corrected chi connectivity index (χ1v) is 3.91. The number of thioether (sulfide) groups is 1. The second kappa shape index (κ2) is 3.03. The lowest BCUT2D eigenvalue weighted by molar-refractivity contribution is -0.118. The molecular formula is C5H9N3OS. The molecule has 5 heteroatoms. The summed E-state index contributed by atoms with van der Waals surface area (Å²) in [5.74, 6) is 0.290. The molecule has 10 heavy (non-hydrogen) atoms. The molecular weight excluding hydrogens is 150 g/mol. The maximum Gasteiger partial charge on any atom is 0.243 e. The van der Waals surface area contributed by atoms with Crippen LogP contribution < -0.4 is 11.5 Å². The second-order valence-electron chi connectivity index (χ2n) is 1.96. The van der Waals surface area contributed by atoms with Crippen LogP contribution in [0.25, 0.3) is 0 Å². The Morgan fingerprint density at radius 1 is 1.90 bits per heavy atom. The van der Waals surface area contributed by atoms with Crippen molar-refractivity contribution in [2.75, 3.05) is 12.3 Å². The molecule has 0 aromatic heterocycles. The summed E-state index contributed by atoms with van der Waals surface area (Å²) in [5, 5.41) is 0.823. The highest BCUT2D eigenvalue weighted by molar-refractivity contribution is 8.14. The Labute approximate surface area is 63.1 Å². The Balaban J connectivity index is 2.55. The number of rotatable bonds is 2. The number of carbonyl (C=O) groups excluding carboxylic acids is 1. The first kappa shape index (κ1) is 7.56. The van der Waals surface area contributed by atoms with Gasteiger partial charge in [-0.05, 0) is 0 Å². The lowest BCUT2D eigenvalue weighted by atomic mass is 10.3. The third-order valence-electron chi connectivity index (χ3n) is 1.21. The van der Waals surface area contributed by atoms with E-state index in [9.17, 15) is 4.79 Å². The highest BCUT2D eigenvalue weighted by atomic mass is 32.2. The van der Waals surface area contributed by atoms with Crippen LogP contribution in [0.1, 0.15) is 0 Å². The van der Waals surface area contributed by atoms with Crippen LogP contribution in [-0.4, -0.2) is 29.3 Å². The van der Waals surface area contributed by atoms with Crippen molar-refractivity contribution in [1.82, 2.24) is 0 Å². The number of nitrogens with two attached hydrogens (primary N) is 2. The highest BCUT2D eigenvalue weighted by Crippen LogP contribution is 2.16. The van der Waals surface area contributed by atoms with Crippen molar-refractivity contribution >= 4 is 22.7 Å². The molecule has 0 aromatic rings. The molecule has 0 saturated carbocycles. The third kappa shape index (κ3) is 1.48.